The topological polar surface area (TPSA) is 124 Å². The first-order chi connectivity index (χ1) is 17.0. The highest BCUT2D eigenvalue weighted by Gasteiger charge is 2.52. The van der Waals surface area contributed by atoms with Gasteiger partial charge in [0.15, 0.2) is 23.0 Å². The third-order valence-corrected chi connectivity index (χ3v) is 7.17. The maximum absolute atomic E-state index is 16.1. The van der Waals surface area contributed by atoms with Crippen LogP contribution in [0.25, 0.3) is 27.5 Å². The van der Waals surface area contributed by atoms with Crippen LogP contribution in [-0.2, 0) is 10.2 Å². The van der Waals surface area contributed by atoms with Crippen molar-refractivity contribution in [1.29, 1.82) is 5.26 Å². The summed E-state index contributed by atoms with van der Waals surface area (Å²) in [6.07, 6.45) is 1.35. The van der Waals surface area contributed by atoms with Crippen LogP contribution in [0.15, 0.2) is 30.5 Å². The van der Waals surface area contributed by atoms with Crippen LogP contribution < -0.4 is 4.74 Å². The second-order valence-corrected chi connectivity index (χ2v) is 10.00. The highest BCUT2D eigenvalue weighted by molar-refractivity contribution is 6.00. The van der Waals surface area contributed by atoms with Crippen LogP contribution in [0.1, 0.15) is 50.3 Å². The van der Waals surface area contributed by atoms with Crippen molar-refractivity contribution in [2.75, 3.05) is 7.11 Å². The van der Waals surface area contributed by atoms with Gasteiger partial charge in [0.1, 0.15) is 5.52 Å². The molecule has 36 heavy (non-hydrogen) atoms. The second-order valence-electron chi connectivity index (χ2n) is 10.00. The zero-order valence-electron chi connectivity index (χ0n) is 19.9. The predicted octanol–water partition coefficient (Wildman–Crippen LogP) is 4.68. The van der Waals surface area contributed by atoms with Gasteiger partial charge >= 0.3 is 5.97 Å². The molecule has 1 aliphatic rings. The molecule has 10 heteroatoms. The molecule has 0 radical (unpaired) electrons. The van der Waals surface area contributed by atoms with Crippen LogP contribution in [0, 0.1) is 23.0 Å². The Labute approximate surface area is 204 Å². The Balaban J connectivity index is 1.92. The average molecular weight is 494 g/mol. The molecule has 2 heterocycles. The normalized spacial score (nSPS) is 19.9. The van der Waals surface area contributed by atoms with Crippen LogP contribution in [0.3, 0.4) is 0 Å². The number of carboxylic acids is 1. The lowest BCUT2D eigenvalue weighted by atomic mass is 9.65. The summed E-state index contributed by atoms with van der Waals surface area (Å²) in [5.41, 5.74) is -0.491. The van der Waals surface area contributed by atoms with Crippen molar-refractivity contribution in [2.24, 2.45) is 0 Å². The number of nitrogens with zero attached hydrogens (tertiary/aromatic N) is 3. The highest BCUT2D eigenvalue weighted by Crippen LogP contribution is 2.53. The number of aromatic nitrogens is 3. The number of nitrogens with one attached hydrogen (secondary N) is 1. The fourth-order valence-electron chi connectivity index (χ4n) is 5.37. The molecular formula is C26H24F2N4O4. The van der Waals surface area contributed by atoms with Crippen molar-refractivity contribution in [1.82, 2.24) is 14.8 Å². The van der Waals surface area contributed by atoms with Crippen LogP contribution in [0.2, 0.25) is 0 Å². The van der Waals surface area contributed by atoms with E-state index < -0.39 is 34.5 Å². The van der Waals surface area contributed by atoms with Gasteiger partial charge in [0.25, 0.3) is 0 Å². The Morgan fingerprint density at radius 2 is 2.08 bits per heavy atom. The van der Waals surface area contributed by atoms with Gasteiger partial charge in [-0.05, 0) is 42.5 Å². The van der Waals surface area contributed by atoms with Crippen molar-refractivity contribution in [2.45, 2.75) is 50.0 Å². The molecule has 0 unspecified atom stereocenters. The lowest BCUT2D eigenvalue weighted by Gasteiger charge is -2.42. The van der Waals surface area contributed by atoms with Gasteiger partial charge in [0.2, 0.25) is 0 Å². The number of carboxylic acid groups (broad SMARTS) is 1. The Bertz CT molecular complexity index is 1570. The minimum Gasteiger partial charge on any atom is -0.494 e. The number of aromatic amines is 1. The lowest BCUT2D eigenvalue weighted by molar-refractivity contribution is -0.169. The number of nitriles is 1. The molecule has 8 nitrogen and oxygen atoms in total. The van der Waals surface area contributed by atoms with E-state index in [2.05, 4.69) is 16.3 Å². The summed E-state index contributed by atoms with van der Waals surface area (Å²) < 4.78 is 37.4. The summed E-state index contributed by atoms with van der Waals surface area (Å²) in [4.78, 5) is 11.6. The largest absolute Gasteiger partial charge is 0.494 e. The summed E-state index contributed by atoms with van der Waals surface area (Å²) in [5.74, 6) is -2.96. The van der Waals surface area contributed by atoms with E-state index in [-0.39, 0.29) is 35.9 Å². The van der Waals surface area contributed by atoms with E-state index in [1.165, 1.54) is 25.4 Å². The molecule has 0 aliphatic heterocycles. The van der Waals surface area contributed by atoms with Gasteiger partial charge in [-0.2, -0.15) is 10.4 Å². The number of aliphatic hydroxyl groups is 1. The summed E-state index contributed by atoms with van der Waals surface area (Å²) in [6, 6.07) is 8.23. The van der Waals surface area contributed by atoms with Gasteiger partial charge in [0.05, 0.1) is 24.9 Å². The third kappa shape index (κ3) is 3.34. The smallest absolute Gasteiger partial charge is 0.335 e. The van der Waals surface area contributed by atoms with Gasteiger partial charge in [0, 0.05) is 40.1 Å². The fourth-order valence-corrected chi connectivity index (χ4v) is 5.37. The molecule has 1 fully saturated rings. The van der Waals surface area contributed by atoms with E-state index in [4.69, 9.17) is 4.74 Å². The van der Waals surface area contributed by atoms with Crippen LogP contribution in [-0.4, -0.2) is 43.7 Å². The van der Waals surface area contributed by atoms with E-state index in [0.717, 1.165) is 0 Å². The number of fused-ring (bicyclic) bond motifs is 2. The summed E-state index contributed by atoms with van der Waals surface area (Å²) >= 11 is 0. The number of ether oxygens (including phenoxy) is 1. The van der Waals surface area contributed by atoms with Crippen molar-refractivity contribution < 1.29 is 28.5 Å². The number of aliphatic carboxylic acids is 1. The molecule has 186 valence electrons. The van der Waals surface area contributed by atoms with Crippen LogP contribution in [0.5, 0.6) is 5.75 Å². The van der Waals surface area contributed by atoms with E-state index in [0.29, 0.717) is 27.8 Å². The zero-order chi connectivity index (χ0) is 26.0. The number of halogens is 2. The number of rotatable bonds is 6. The second kappa shape index (κ2) is 8.03. The number of benzene rings is 2. The quantitative estimate of drug-likeness (QED) is 0.358. The van der Waals surface area contributed by atoms with E-state index >= 15 is 4.39 Å². The molecule has 3 N–H and O–H groups in total. The standard InChI is InChI=1S/C26H24F2N4O4/c1-25(2,6-7-29)23-19(14-10-26(35,11-14)24(33)34)20-17(8-13-12-30-31-22(13)21(20)28)32(23)15-4-5-16(27)18(9-15)36-3/h4-5,8-9,12,14,35H,6,10-11H2,1-3H3,(H,30,31)(H,33,34)/t14-,26+. The zero-order valence-corrected chi connectivity index (χ0v) is 19.9. The van der Waals surface area contributed by atoms with E-state index in [1.807, 2.05) is 13.8 Å². The van der Waals surface area contributed by atoms with Gasteiger partial charge < -0.3 is 19.5 Å². The minimum absolute atomic E-state index is 0.00584. The summed E-state index contributed by atoms with van der Waals surface area (Å²) in [6.45, 7) is 3.69. The third-order valence-electron chi connectivity index (χ3n) is 7.17. The first-order valence-corrected chi connectivity index (χ1v) is 11.4. The predicted molar refractivity (Wildman–Crippen MR) is 127 cm³/mol. The number of methoxy groups -OCH3 is 1. The van der Waals surface area contributed by atoms with Crippen molar-refractivity contribution in [3.8, 4) is 17.5 Å². The van der Waals surface area contributed by atoms with Gasteiger partial charge in [-0.1, -0.05) is 13.8 Å². The van der Waals surface area contributed by atoms with Gasteiger partial charge in [-0.3, -0.25) is 5.10 Å². The molecule has 0 amide bonds. The van der Waals surface area contributed by atoms with Crippen molar-refractivity contribution in [3.05, 3.63) is 53.4 Å². The molecule has 2 aromatic heterocycles. The maximum Gasteiger partial charge on any atom is 0.335 e. The van der Waals surface area contributed by atoms with Crippen molar-refractivity contribution in [3.63, 3.8) is 0 Å². The maximum atomic E-state index is 16.1. The number of hydrogen-bond acceptors (Lipinski definition) is 5. The first-order valence-electron chi connectivity index (χ1n) is 11.4. The Morgan fingerprint density at radius 3 is 2.72 bits per heavy atom. The molecule has 5 rings (SSSR count). The Morgan fingerprint density at radius 1 is 1.36 bits per heavy atom. The molecule has 1 saturated carbocycles. The van der Waals surface area contributed by atoms with E-state index in [1.54, 1.807) is 16.7 Å². The molecule has 4 aromatic rings. The fraction of sp³-hybridized carbons (Fsp3) is 0.346. The van der Waals surface area contributed by atoms with Crippen LogP contribution in [0.4, 0.5) is 8.78 Å². The molecule has 1 aliphatic carbocycles. The van der Waals surface area contributed by atoms with Gasteiger partial charge in [-0.25, -0.2) is 13.6 Å². The lowest BCUT2D eigenvalue weighted by Crippen LogP contribution is -2.49. The molecule has 0 bridgehead atoms. The number of H-pyrrole nitrogens is 1. The molecule has 0 atom stereocenters. The Kier molecular flexibility index (Phi) is 5.30. The molecular weight excluding hydrogens is 470 g/mol. The summed E-state index contributed by atoms with van der Waals surface area (Å²) in [5, 5.41) is 37.0. The SMILES string of the molecule is COc1cc(-n2c(C(C)(C)CC#N)c([C@H]3C[C@](O)(C(=O)O)C3)c3c(F)c4[nH]ncc4cc32)ccc1F. The monoisotopic (exact) mass is 494 g/mol. The van der Waals surface area contributed by atoms with Crippen molar-refractivity contribution >= 4 is 27.8 Å². The number of carbonyl (C=O) groups is 1. The molecule has 0 spiro atoms. The first kappa shape index (κ1) is 23.8. The average Bonchev–Trinajstić information content (AvgIpc) is 3.41. The number of hydrogen-bond donors (Lipinski definition) is 3. The minimum atomic E-state index is -1.91. The van der Waals surface area contributed by atoms with Gasteiger partial charge in [-0.15, -0.1) is 0 Å². The van der Waals surface area contributed by atoms with Crippen LogP contribution >= 0.6 is 0 Å². The van der Waals surface area contributed by atoms with E-state index in [9.17, 15) is 24.7 Å². The molecule has 2 aromatic carbocycles. The Hall–Kier alpha value is -3.97. The summed E-state index contributed by atoms with van der Waals surface area (Å²) in [7, 11) is 1.34. The molecule has 0 saturated heterocycles. The highest BCUT2D eigenvalue weighted by atomic mass is 19.1.